The molecule has 2 fully saturated rings. The molecule has 2 aliphatic heterocycles. The Labute approximate surface area is 215 Å². The van der Waals surface area contributed by atoms with Crippen LogP contribution in [0.2, 0.25) is 0 Å². The zero-order valence-corrected chi connectivity index (χ0v) is 22.1. The van der Waals surface area contributed by atoms with Crippen LogP contribution < -0.4 is 10.2 Å². The van der Waals surface area contributed by atoms with Crippen LogP contribution >= 0.6 is 0 Å². The Kier molecular flexibility index (Phi) is 10.1. The van der Waals surface area contributed by atoms with Crippen LogP contribution in [0.25, 0.3) is 0 Å². The largest absolute Gasteiger partial charge is 0.477 e. The van der Waals surface area contributed by atoms with E-state index in [9.17, 15) is 14.4 Å². The third-order valence-electron chi connectivity index (χ3n) is 6.81. The SMILES string of the molecule is CCCCCCCCCCCCN1C(=CC=C2C(=O)NC(=O)N(c3ccccc3)C2=O)OCC1(C)C. The van der Waals surface area contributed by atoms with Crippen molar-refractivity contribution in [2.75, 3.05) is 18.1 Å². The molecule has 1 N–H and O–H groups in total. The van der Waals surface area contributed by atoms with Gasteiger partial charge in [-0.1, -0.05) is 82.9 Å². The van der Waals surface area contributed by atoms with Crippen molar-refractivity contribution in [1.29, 1.82) is 0 Å². The molecule has 0 aromatic heterocycles. The summed E-state index contributed by atoms with van der Waals surface area (Å²) in [5.41, 5.74) is 0.138. The Morgan fingerprint density at radius 3 is 2.14 bits per heavy atom. The van der Waals surface area contributed by atoms with Gasteiger partial charge in [0.25, 0.3) is 11.8 Å². The van der Waals surface area contributed by atoms with Crippen molar-refractivity contribution in [2.24, 2.45) is 0 Å². The Bertz CT molecular complexity index is 968. The van der Waals surface area contributed by atoms with Gasteiger partial charge in [-0.3, -0.25) is 14.9 Å². The van der Waals surface area contributed by atoms with Crippen LogP contribution in [0.3, 0.4) is 0 Å². The quantitative estimate of drug-likeness (QED) is 0.204. The molecule has 7 nitrogen and oxygen atoms in total. The Morgan fingerprint density at radius 1 is 0.889 bits per heavy atom. The van der Waals surface area contributed by atoms with Crippen LogP contribution in [0.1, 0.15) is 85.0 Å². The zero-order valence-electron chi connectivity index (χ0n) is 22.1. The number of nitrogens with one attached hydrogen (secondary N) is 1. The topological polar surface area (TPSA) is 79.0 Å². The second kappa shape index (κ2) is 13.3. The molecule has 0 bridgehead atoms. The van der Waals surface area contributed by atoms with Crippen LogP contribution in [0.5, 0.6) is 0 Å². The summed E-state index contributed by atoms with van der Waals surface area (Å²) in [5.74, 6) is -0.704. The van der Waals surface area contributed by atoms with E-state index in [2.05, 4.69) is 31.0 Å². The number of hydrogen-bond donors (Lipinski definition) is 1. The van der Waals surface area contributed by atoms with Gasteiger partial charge in [-0.05, 0) is 44.6 Å². The predicted molar refractivity (Wildman–Crippen MR) is 142 cm³/mol. The van der Waals surface area contributed by atoms with Gasteiger partial charge in [0, 0.05) is 6.54 Å². The Hall–Kier alpha value is -3.09. The van der Waals surface area contributed by atoms with Gasteiger partial charge in [0.1, 0.15) is 12.2 Å². The van der Waals surface area contributed by atoms with E-state index in [0.717, 1.165) is 17.9 Å². The molecule has 1 aromatic carbocycles. The number of barbiturate groups is 1. The molecule has 0 saturated carbocycles. The van der Waals surface area contributed by atoms with Gasteiger partial charge in [0.05, 0.1) is 11.2 Å². The number of allylic oxidation sites excluding steroid dienone is 2. The third kappa shape index (κ3) is 7.21. The number of carbonyl (C=O) groups excluding carboxylic acids is 3. The lowest BCUT2D eigenvalue weighted by atomic mass is 10.0. The molecule has 36 heavy (non-hydrogen) atoms. The Balaban J connectivity index is 1.58. The van der Waals surface area contributed by atoms with Crippen LogP contribution in [-0.4, -0.2) is 41.4 Å². The minimum absolute atomic E-state index is 0.0989. The predicted octanol–water partition coefficient (Wildman–Crippen LogP) is 6.07. The van der Waals surface area contributed by atoms with Gasteiger partial charge >= 0.3 is 6.03 Å². The molecule has 4 amide bonds. The summed E-state index contributed by atoms with van der Waals surface area (Å²) in [7, 11) is 0. The highest BCUT2D eigenvalue weighted by molar-refractivity contribution is 6.37. The molecule has 0 unspecified atom stereocenters. The molecule has 0 atom stereocenters. The van der Waals surface area contributed by atoms with Crippen LogP contribution in [0.4, 0.5) is 10.5 Å². The third-order valence-corrected chi connectivity index (χ3v) is 6.81. The number of para-hydroxylation sites is 1. The number of hydrogen-bond acceptors (Lipinski definition) is 5. The number of carbonyl (C=O) groups is 3. The summed E-state index contributed by atoms with van der Waals surface area (Å²) in [5, 5.41) is 2.26. The summed E-state index contributed by atoms with van der Waals surface area (Å²) < 4.78 is 5.94. The summed E-state index contributed by atoms with van der Waals surface area (Å²) in [6.45, 7) is 7.90. The molecule has 2 aliphatic rings. The maximum atomic E-state index is 13.0. The van der Waals surface area contributed by atoms with E-state index >= 15 is 0 Å². The minimum atomic E-state index is -0.748. The minimum Gasteiger partial charge on any atom is -0.477 e. The number of ether oxygens (including phenoxy) is 1. The number of unbranched alkanes of at least 4 members (excludes halogenated alkanes) is 9. The molecule has 0 radical (unpaired) electrons. The van der Waals surface area contributed by atoms with E-state index in [0.29, 0.717) is 18.2 Å². The number of anilines is 1. The zero-order chi connectivity index (χ0) is 26.0. The number of benzene rings is 1. The van der Waals surface area contributed by atoms with Gasteiger partial charge in [-0.15, -0.1) is 0 Å². The van der Waals surface area contributed by atoms with Crippen molar-refractivity contribution in [3.63, 3.8) is 0 Å². The molecule has 1 aromatic rings. The fraction of sp³-hybridized carbons (Fsp3) is 0.552. The average Bonchev–Trinajstić information content (AvgIpc) is 3.13. The van der Waals surface area contributed by atoms with E-state index in [1.54, 1.807) is 36.4 Å². The van der Waals surface area contributed by atoms with E-state index < -0.39 is 17.8 Å². The van der Waals surface area contributed by atoms with Crippen molar-refractivity contribution in [1.82, 2.24) is 10.2 Å². The summed E-state index contributed by atoms with van der Waals surface area (Å²) in [4.78, 5) is 41.0. The highest BCUT2D eigenvalue weighted by Crippen LogP contribution is 2.30. The standard InChI is InChI=1S/C29H41N3O4/c1-4-5-6-7-8-9-10-11-12-16-21-31-25(36-22-29(31,2)3)20-19-24-26(33)30-28(35)32(27(24)34)23-17-14-13-15-18-23/h13-15,17-20H,4-12,16,21-22H2,1-3H3,(H,30,33,35). The normalized spacial score (nSPS) is 19.8. The molecule has 2 saturated heterocycles. The summed E-state index contributed by atoms with van der Waals surface area (Å²) in [6.07, 6.45) is 15.9. The van der Waals surface area contributed by atoms with Crippen molar-refractivity contribution < 1.29 is 19.1 Å². The van der Waals surface area contributed by atoms with Gasteiger partial charge in [-0.2, -0.15) is 0 Å². The molecular weight excluding hydrogens is 454 g/mol. The van der Waals surface area contributed by atoms with E-state index in [-0.39, 0.29) is 11.1 Å². The first kappa shape index (κ1) is 27.5. The molecule has 7 heteroatoms. The number of imide groups is 2. The lowest BCUT2D eigenvalue weighted by Crippen LogP contribution is -2.54. The first-order valence-corrected chi connectivity index (χ1v) is 13.4. The van der Waals surface area contributed by atoms with Crippen LogP contribution in [-0.2, 0) is 14.3 Å². The maximum Gasteiger partial charge on any atom is 0.335 e. The van der Waals surface area contributed by atoms with E-state index in [4.69, 9.17) is 4.74 Å². The summed E-state index contributed by atoms with van der Waals surface area (Å²) in [6, 6.07) is 7.82. The second-order valence-electron chi connectivity index (χ2n) is 10.3. The van der Waals surface area contributed by atoms with Crippen molar-refractivity contribution in [3.8, 4) is 0 Å². The summed E-state index contributed by atoms with van der Waals surface area (Å²) >= 11 is 0. The fourth-order valence-corrected chi connectivity index (χ4v) is 4.66. The maximum absolute atomic E-state index is 13.0. The first-order chi connectivity index (χ1) is 17.3. The lowest BCUT2D eigenvalue weighted by Gasteiger charge is -2.30. The van der Waals surface area contributed by atoms with Crippen molar-refractivity contribution in [2.45, 2.75) is 90.5 Å². The van der Waals surface area contributed by atoms with Crippen molar-refractivity contribution >= 4 is 23.5 Å². The van der Waals surface area contributed by atoms with Gasteiger partial charge < -0.3 is 9.64 Å². The molecule has 2 heterocycles. The first-order valence-electron chi connectivity index (χ1n) is 13.4. The molecule has 0 spiro atoms. The average molecular weight is 496 g/mol. The Morgan fingerprint density at radius 2 is 1.50 bits per heavy atom. The highest BCUT2D eigenvalue weighted by atomic mass is 16.5. The van der Waals surface area contributed by atoms with E-state index in [1.807, 2.05) is 0 Å². The molecular formula is C29H41N3O4. The van der Waals surface area contributed by atoms with Gasteiger partial charge in [0.15, 0.2) is 5.88 Å². The van der Waals surface area contributed by atoms with Crippen molar-refractivity contribution in [3.05, 3.63) is 53.9 Å². The second-order valence-corrected chi connectivity index (χ2v) is 10.3. The number of urea groups is 1. The smallest absolute Gasteiger partial charge is 0.335 e. The van der Waals surface area contributed by atoms with E-state index in [1.165, 1.54) is 63.9 Å². The highest BCUT2D eigenvalue weighted by Gasteiger charge is 2.38. The number of amides is 4. The van der Waals surface area contributed by atoms with Crippen LogP contribution in [0.15, 0.2) is 53.9 Å². The molecule has 3 rings (SSSR count). The van der Waals surface area contributed by atoms with Crippen LogP contribution in [0, 0.1) is 0 Å². The monoisotopic (exact) mass is 495 g/mol. The lowest BCUT2D eigenvalue weighted by molar-refractivity contribution is -0.122. The molecule has 0 aliphatic carbocycles. The van der Waals surface area contributed by atoms with Gasteiger partial charge in [0.2, 0.25) is 0 Å². The molecule has 196 valence electrons. The number of rotatable bonds is 13. The fourth-order valence-electron chi connectivity index (χ4n) is 4.66. The number of nitrogens with zero attached hydrogens (tertiary/aromatic N) is 2. The van der Waals surface area contributed by atoms with Gasteiger partial charge in [-0.25, -0.2) is 9.69 Å².